The summed E-state index contributed by atoms with van der Waals surface area (Å²) in [6.07, 6.45) is 1.42. The lowest BCUT2D eigenvalue weighted by Crippen LogP contribution is -2.18. The maximum Gasteiger partial charge on any atom is 0.293 e. The number of carbonyl (C=O) groups excluding carboxylic acids is 1. The Labute approximate surface area is 140 Å². The number of carbonyl (C=O) groups is 1. The van der Waals surface area contributed by atoms with E-state index >= 15 is 0 Å². The number of hydrogen-bond acceptors (Lipinski definition) is 4. The summed E-state index contributed by atoms with van der Waals surface area (Å²) in [5.74, 6) is -0.351. The van der Waals surface area contributed by atoms with Gasteiger partial charge in [0.1, 0.15) is 5.75 Å². The SMILES string of the molecule is Cc1[nH]nc(C(=O)NN=Cc2c(O)ccc3ccccc23)c1Br. The number of hydrogen-bond donors (Lipinski definition) is 3. The molecule has 23 heavy (non-hydrogen) atoms. The maximum absolute atomic E-state index is 12.0. The van der Waals surface area contributed by atoms with E-state index in [1.165, 1.54) is 6.21 Å². The Morgan fingerprint density at radius 1 is 1.35 bits per heavy atom. The Bertz CT molecular complexity index is 918. The van der Waals surface area contributed by atoms with E-state index in [9.17, 15) is 9.90 Å². The third-order valence-corrected chi connectivity index (χ3v) is 4.37. The molecule has 3 rings (SSSR count). The topological polar surface area (TPSA) is 90.4 Å². The number of phenols is 1. The highest BCUT2D eigenvalue weighted by molar-refractivity contribution is 9.10. The zero-order valence-electron chi connectivity index (χ0n) is 12.2. The highest BCUT2D eigenvalue weighted by Crippen LogP contribution is 2.25. The first-order valence-electron chi connectivity index (χ1n) is 6.82. The van der Waals surface area contributed by atoms with Crippen molar-refractivity contribution in [3.05, 3.63) is 57.8 Å². The van der Waals surface area contributed by atoms with E-state index in [0.29, 0.717) is 10.0 Å². The van der Waals surface area contributed by atoms with Crippen molar-refractivity contribution in [2.24, 2.45) is 5.10 Å². The number of H-pyrrole nitrogens is 1. The predicted octanol–water partition coefficient (Wildman–Crippen LogP) is 3.10. The molecule has 0 fully saturated rings. The van der Waals surface area contributed by atoms with Crippen LogP contribution in [0.4, 0.5) is 0 Å². The van der Waals surface area contributed by atoms with Gasteiger partial charge in [-0.15, -0.1) is 0 Å². The first-order valence-corrected chi connectivity index (χ1v) is 7.62. The average molecular weight is 373 g/mol. The van der Waals surface area contributed by atoms with Gasteiger partial charge in [-0.3, -0.25) is 9.89 Å². The van der Waals surface area contributed by atoms with E-state index in [-0.39, 0.29) is 11.4 Å². The van der Waals surface area contributed by atoms with Crippen molar-refractivity contribution in [1.82, 2.24) is 15.6 Å². The fraction of sp³-hybridized carbons (Fsp3) is 0.0625. The Morgan fingerprint density at radius 3 is 2.87 bits per heavy atom. The van der Waals surface area contributed by atoms with Crippen molar-refractivity contribution in [2.75, 3.05) is 0 Å². The van der Waals surface area contributed by atoms with Crippen LogP contribution in [0.1, 0.15) is 21.7 Å². The monoisotopic (exact) mass is 372 g/mol. The second-order valence-electron chi connectivity index (χ2n) is 4.93. The van der Waals surface area contributed by atoms with Crippen LogP contribution in [-0.4, -0.2) is 27.4 Å². The van der Waals surface area contributed by atoms with Gasteiger partial charge in [-0.1, -0.05) is 30.3 Å². The molecule has 0 radical (unpaired) electrons. The third-order valence-electron chi connectivity index (χ3n) is 3.40. The lowest BCUT2D eigenvalue weighted by atomic mass is 10.0. The van der Waals surface area contributed by atoms with Gasteiger partial charge in [0.15, 0.2) is 5.69 Å². The second kappa shape index (κ2) is 6.21. The maximum atomic E-state index is 12.0. The lowest BCUT2D eigenvalue weighted by Gasteiger charge is -2.04. The standard InChI is InChI=1S/C16H13BrN4O2/c1-9-14(17)15(20-19-9)16(23)21-18-8-12-11-5-3-2-4-10(11)6-7-13(12)22/h2-8,22H,1H3,(H,19,20)(H,21,23). The largest absolute Gasteiger partial charge is 0.507 e. The molecule has 116 valence electrons. The Morgan fingerprint density at radius 2 is 2.13 bits per heavy atom. The minimum Gasteiger partial charge on any atom is -0.507 e. The van der Waals surface area contributed by atoms with Crippen LogP contribution in [0.25, 0.3) is 10.8 Å². The number of nitrogens with one attached hydrogen (secondary N) is 2. The second-order valence-corrected chi connectivity index (χ2v) is 5.72. The van der Waals surface area contributed by atoms with Crippen molar-refractivity contribution in [3.8, 4) is 5.75 Å². The molecule has 1 aromatic heterocycles. The summed E-state index contributed by atoms with van der Waals surface area (Å²) in [6, 6.07) is 11.0. The Kier molecular flexibility index (Phi) is 4.12. The molecule has 3 N–H and O–H groups in total. The number of hydrazone groups is 1. The molecule has 0 aliphatic heterocycles. The molecule has 0 bridgehead atoms. The molecule has 2 aromatic carbocycles. The van der Waals surface area contributed by atoms with Crippen molar-refractivity contribution < 1.29 is 9.90 Å². The fourth-order valence-corrected chi connectivity index (χ4v) is 2.55. The molecule has 0 saturated heterocycles. The molecule has 0 atom stereocenters. The van der Waals surface area contributed by atoms with Crippen LogP contribution in [0, 0.1) is 6.92 Å². The molecule has 1 heterocycles. The normalized spacial score (nSPS) is 11.2. The van der Waals surface area contributed by atoms with Crippen molar-refractivity contribution >= 4 is 38.8 Å². The highest BCUT2D eigenvalue weighted by atomic mass is 79.9. The van der Waals surface area contributed by atoms with Crippen LogP contribution < -0.4 is 5.43 Å². The van der Waals surface area contributed by atoms with Crippen LogP contribution in [0.3, 0.4) is 0 Å². The number of rotatable bonds is 3. The molecule has 0 saturated carbocycles. The molecule has 6 nitrogen and oxygen atoms in total. The number of aromatic nitrogens is 2. The first kappa shape index (κ1) is 15.2. The molecule has 7 heteroatoms. The molecular formula is C16H13BrN4O2. The molecule has 1 amide bonds. The van der Waals surface area contributed by atoms with Crippen LogP contribution in [-0.2, 0) is 0 Å². The minimum atomic E-state index is -0.447. The van der Waals surface area contributed by atoms with Gasteiger partial charge in [-0.05, 0) is 39.7 Å². The van der Waals surface area contributed by atoms with Crippen molar-refractivity contribution in [3.63, 3.8) is 0 Å². The van der Waals surface area contributed by atoms with Gasteiger partial charge < -0.3 is 5.11 Å². The van der Waals surface area contributed by atoms with E-state index in [4.69, 9.17) is 0 Å². The summed E-state index contributed by atoms with van der Waals surface area (Å²) >= 11 is 3.29. The predicted molar refractivity (Wildman–Crippen MR) is 91.7 cm³/mol. The smallest absolute Gasteiger partial charge is 0.293 e. The molecule has 0 unspecified atom stereocenters. The molecule has 3 aromatic rings. The Hall–Kier alpha value is -2.67. The van der Waals surface area contributed by atoms with Crippen LogP contribution in [0.2, 0.25) is 0 Å². The van der Waals surface area contributed by atoms with Crippen molar-refractivity contribution in [1.29, 1.82) is 0 Å². The number of aromatic hydroxyl groups is 1. The lowest BCUT2D eigenvalue weighted by molar-refractivity contribution is 0.0949. The third kappa shape index (κ3) is 2.95. The van der Waals surface area contributed by atoms with E-state index in [1.54, 1.807) is 13.0 Å². The summed E-state index contributed by atoms with van der Waals surface area (Å²) < 4.78 is 0.596. The van der Waals surface area contributed by atoms with Gasteiger partial charge in [0, 0.05) is 11.3 Å². The summed E-state index contributed by atoms with van der Waals surface area (Å²) in [6.45, 7) is 1.80. The number of phenolic OH excluding ortho intramolecular Hbond substituents is 1. The zero-order valence-corrected chi connectivity index (χ0v) is 13.8. The summed E-state index contributed by atoms with van der Waals surface area (Å²) in [5.41, 5.74) is 3.92. The zero-order chi connectivity index (χ0) is 16.4. The van der Waals surface area contributed by atoms with E-state index in [1.807, 2.05) is 30.3 Å². The Balaban J connectivity index is 1.85. The van der Waals surface area contributed by atoms with Gasteiger partial charge >= 0.3 is 0 Å². The molecular weight excluding hydrogens is 360 g/mol. The van der Waals surface area contributed by atoms with Gasteiger partial charge in [-0.2, -0.15) is 10.2 Å². The molecule has 0 aliphatic rings. The van der Waals surface area contributed by atoms with E-state index in [2.05, 4.69) is 36.7 Å². The summed E-state index contributed by atoms with van der Waals surface area (Å²) in [5, 5.41) is 22.4. The van der Waals surface area contributed by atoms with Crippen LogP contribution >= 0.6 is 15.9 Å². The molecule has 0 aliphatic carbocycles. The fourth-order valence-electron chi connectivity index (χ4n) is 2.19. The number of halogens is 1. The minimum absolute atomic E-state index is 0.0958. The number of fused-ring (bicyclic) bond motifs is 1. The quantitative estimate of drug-likeness (QED) is 0.487. The average Bonchev–Trinajstić information content (AvgIpc) is 2.89. The van der Waals surface area contributed by atoms with Gasteiger partial charge in [0.05, 0.1) is 10.7 Å². The highest BCUT2D eigenvalue weighted by Gasteiger charge is 2.15. The van der Waals surface area contributed by atoms with Crippen LogP contribution in [0.15, 0.2) is 46.0 Å². The number of nitrogens with zero attached hydrogens (tertiary/aromatic N) is 2. The summed E-state index contributed by atoms with van der Waals surface area (Å²) in [4.78, 5) is 12.0. The molecule has 0 spiro atoms. The number of aryl methyl sites for hydroxylation is 1. The van der Waals surface area contributed by atoms with Crippen LogP contribution in [0.5, 0.6) is 5.75 Å². The number of benzene rings is 2. The van der Waals surface area contributed by atoms with Gasteiger partial charge in [0.2, 0.25) is 0 Å². The number of amides is 1. The van der Waals surface area contributed by atoms with Gasteiger partial charge in [-0.25, -0.2) is 5.43 Å². The van der Waals surface area contributed by atoms with Crippen molar-refractivity contribution in [2.45, 2.75) is 6.92 Å². The van der Waals surface area contributed by atoms with Gasteiger partial charge in [0.25, 0.3) is 5.91 Å². The number of aromatic amines is 1. The first-order chi connectivity index (χ1) is 11.1. The summed E-state index contributed by atoms with van der Waals surface area (Å²) in [7, 11) is 0. The van der Waals surface area contributed by atoms with E-state index < -0.39 is 5.91 Å². The van der Waals surface area contributed by atoms with E-state index in [0.717, 1.165) is 16.5 Å².